The molecule has 0 aromatic rings. The highest BCUT2D eigenvalue weighted by molar-refractivity contribution is 5.85. The number of nitrogens with zero attached hydrogens (tertiary/aromatic N) is 2. The lowest BCUT2D eigenvalue weighted by Crippen LogP contribution is -2.70. The van der Waals surface area contributed by atoms with Gasteiger partial charge in [0.15, 0.2) is 0 Å². The van der Waals surface area contributed by atoms with Crippen molar-refractivity contribution in [2.45, 2.75) is 128 Å². The summed E-state index contributed by atoms with van der Waals surface area (Å²) in [6.07, 6.45) is 21.8. The maximum Gasteiger partial charge on any atom is 0.228 e. The molecule has 0 radical (unpaired) electrons. The first-order chi connectivity index (χ1) is 23.0. The molecule has 12 bridgehead atoms. The number of carbonyl (C=O) groups is 1. The molecule has 8 saturated carbocycles. The summed E-state index contributed by atoms with van der Waals surface area (Å²) in [6, 6.07) is 0.372. The molecular weight excluding hydrogens is 592 g/mol. The molecule has 48 heavy (non-hydrogen) atoms. The molecular formula is C43H58N2O3. The van der Waals surface area contributed by atoms with Crippen molar-refractivity contribution in [3.05, 3.63) is 22.8 Å². The van der Waals surface area contributed by atoms with Gasteiger partial charge < -0.3 is 19.3 Å². The number of fused-ring (bicyclic) bond motifs is 3. The van der Waals surface area contributed by atoms with Gasteiger partial charge in [0, 0.05) is 66.8 Å². The molecule has 3 aliphatic heterocycles. The predicted octanol–water partition coefficient (Wildman–Crippen LogP) is 7.02. The Hall–Kier alpha value is -1.17. The predicted molar refractivity (Wildman–Crippen MR) is 183 cm³/mol. The van der Waals surface area contributed by atoms with Gasteiger partial charge in [0.05, 0.1) is 17.8 Å². The number of ether oxygens (including phenoxy) is 2. The van der Waals surface area contributed by atoms with Crippen LogP contribution in [-0.4, -0.2) is 73.9 Å². The zero-order chi connectivity index (χ0) is 32.2. The first-order valence-electron chi connectivity index (χ1n) is 20.6. The third-order valence-electron chi connectivity index (χ3n) is 20.6. The second-order valence-corrected chi connectivity index (χ2v) is 21.6. The number of amides is 1. The fourth-order valence-corrected chi connectivity index (χ4v) is 20.1. The van der Waals surface area contributed by atoms with Gasteiger partial charge in [0.2, 0.25) is 5.91 Å². The van der Waals surface area contributed by atoms with Crippen LogP contribution in [0.2, 0.25) is 0 Å². The van der Waals surface area contributed by atoms with Crippen LogP contribution < -0.4 is 0 Å². The van der Waals surface area contributed by atoms with Crippen molar-refractivity contribution in [3.63, 3.8) is 0 Å². The van der Waals surface area contributed by atoms with Crippen LogP contribution in [0.1, 0.15) is 104 Å². The molecule has 3 saturated heterocycles. The van der Waals surface area contributed by atoms with Gasteiger partial charge in [-0.1, -0.05) is 31.9 Å². The third-order valence-corrected chi connectivity index (χ3v) is 20.6. The van der Waals surface area contributed by atoms with Gasteiger partial charge >= 0.3 is 0 Å². The van der Waals surface area contributed by atoms with Crippen molar-refractivity contribution in [1.82, 2.24) is 9.80 Å². The standard InChI is InChI=1S/C43H58N2O3/c1-37-18-23(20-44(3)22-37)15-24-25(37)7-11-39-19-29-27(16-26(24)39)42(29)14-13-41(48-35(39)42)21-40-12-8-30-38(2)9-6-10-43(30)31(40)17-28(41)33(47-5)32(40)34(43)45(4)36(38)46/h16,23,27-35H,6-15,17-22H2,1-5H3/t23-,27+,28+,29?,30+,31+,32?,33?,34?,35-,37-,38+,39+,40-,41-,42+,43-/m0/s1. The van der Waals surface area contributed by atoms with Gasteiger partial charge in [-0.3, -0.25) is 4.79 Å². The fraction of sp³-hybridized carbons (Fsp3) is 0.884. The summed E-state index contributed by atoms with van der Waals surface area (Å²) in [5.41, 5.74) is 6.96. The van der Waals surface area contributed by atoms with Crippen molar-refractivity contribution in [2.24, 2.45) is 73.9 Å². The summed E-state index contributed by atoms with van der Waals surface area (Å²) in [4.78, 5) is 19.3. The highest BCUT2D eigenvalue weighted by Crippen LogP contribution is 2.89. The Morgan fingerprint density at radius 2 is 1.85 bits per heavy atom. The van der Waals surface area contributed by atoms with Crippen molar-refractivity contribution in [3.8, 4) is 0 Å². The molecule has 3 heterocycles. The second kappa shape index (κ2) is 7.92. The number of allylic oxidation sites excluding steroid dienone is 2. The quantitative estimate of drug-likeness (QED) is 0.306. The monoisotopic (exact) mass is 650 g/mol. The second-order valence-electron chi connectivity index (χ2n) is 21.6. The van der Waals surface area contributed by atoms with Crippen LogP contribution in [0.5, 0.6) is 0 Å². The zero-order valence-electron chi connectivity index (χ0n) is 30.3. The van der Waals surface area contributed by atoms with Crippen LogP contribution >= 0.6 is 0 Å². The van der Waals surface area contributed by atoms with E-state index in [0.29, 0.717) is 52.1 Å². The van der Waals surface area contributed by atoms with Crippen LogP contribution in [0.3, 0.4) is 0 Å². The smallest absolute Gasteiger partial charge is 0.228 e. The maximum atomic E-state index is 14.3. The lowest BCUT2D eigenvalue weighted by molar-refractivity contribution is -0.308. The number of hydrogen-bond donors (Lipinski definition) is 0. The van der Waals surface area contributed by atoms with Crippen molar-refractivity contribution in [1.29, 1.82) is 0 Å². The van der Waals surface area contributed by atoms with Crippen molar-refractivity contribution >= 4 is 5.91 Å². The highest BCUT2D eigenvalue weighted by Gasteiger charge is 2.88. The third kappa shape index (κ3) is 2.55. The van der Waals surface area contributed by atoms with E-state index in [1.807, 2.05) is 23.8 Å². The zero-order valence-corrected chi connectivity index (χ0v) is 30.3. The Morgan fingerprint density at radius 3 is 2.71 bits per heavy atom. The van der Waals surface area contributed by atoms with Crippen LogP contribution in [0.25, 0.3) is 0 Å². The number of rotatable bonds is 1. The fourth-order valence-electron chi connectivity index (χ4n) is 20.1. The molecule has 0 aromatic heterocycles. The maximum absolute atomic E-state index is 14.3. The van der Waals surface area contributed by atoms with E-state index in [0.717, 1.165) is 30.1 Å². The van der Waals surface area contributed by atoms with E-state index in [1.165, 1.54) is 96.6 Å². The topological polar surface area (TPSA) is 42.0 Å². The average molecular weight is 651 g/mol. The van der Waals surface area contributed by atoms with Crippen molar-refractivity contribution < 1.29 is 14.3 Å². The Balaban J connectivity index is 0.917. The summed E-state index contributed by atoms with van der Waals surface area (Å²) in [5.74, 6) is 5.22. The van der Waals surface area contributed by atoms with E-state index in [2.05, 4.69) is 43.8 Å². The highest BCUT2D eigenvalue weighted by atomic mass is 16.5. The van der Waals surface area contributed by atoms with Crippen LogP contribution in [0.15, 0.2) is 22.8 Å². The number of methoxy groups -OCH3 is 1. The molecule has 0 N–H and O–H groups in total. The minimum Gasteiger partial charge on any atom is -0.381 e. The van der Waals surface area contributed by atoms with Crippen molar-refractivity contribution in [2.75, 3.05) is 34.3 Å². The summed E-state index contributed by atoms with van der Waals surface area (Å²) >= 11 is 0. The molecule has 5 heteroatoms. The summed E-state index contributed by atoms with van der Waals surface area (Å²) in [5, 5.41) is 0. The van der Waals surface area contributed by atoms with E-state index >= 15 is 0 Å². The number of likely N-dealkylation sites (tertiary alicyclic amines) is 2. The van der Waals surface area contributed by atoms with Crippen LogP contribution in [-0.2, 0) is 14.3 Å². The van der Waals surface area contributed by atoms with E-state index in [-0.39, 0.29) is 27.9 Å². The first kappa shape index (κ1) is 28.4. The van der Waals surface area contributed by atoms with Gasteiger partial charge in [-0.25, -0.2) is 0 Å². The van der Waals surface area contributed by atoms with Gasteiger partial charge in [-0.2, -0.15) is 0 Å². The molecule has 1 amide bonds. The molecule has 15 aliphatic rings. The summed E-state index contributed by atoms with van der Waals surface area (Å²) in [7, 11) is 6.60. The molecule has 5 spiro atoms. The van der Waals surface area contributed by atoms with Gasteiger partial charge in [0.1, 0.15) is 0 Å². The van der Waals surface area contributed by atoms with Crippen LogP contribution in [0, 0.1) is 73.9 Å². The summed E-state index contributed by atoms with van der Waals surface area (Å²) < 4.78 is 15.0. The first-order valence-corrected chi connectivity index (χ1v) is 20.6. The summed E-state index contributed by atoms with van der Waals surface area (Å²) in [6.45, 7) is 7.51. The average Bonchev–Trinajstić information content (AvgIpc) is 3.59. The van der Waals surface area contributed by atoms with E-state index < -0.39 is 0 Å². The van der Waals surface area contributed by atoms with E-state index in [9.17, 15) is 4.79 Å². The lowest BCUT2D eigenvalue weighted by Gasteiger charge is -2.70. The Labute approximate surface area is 288 Å². The molecule has 5 nitrogen and oxygen atoms in total. The van der Waals surface area contributed by atoms with E-state index in [1.54, 1.807) is 0 Å². The Bertz CT molecular complexity index is 1680. The molecule has 258 valence electrons. The molecule has 15 rings (SSSR count). The molecule has 11 fully saturated rings. The van der Waals surface area contributed by atoms with Gasteiger partial charge in [0.25, 0.3) is 0 Å². The molecule has 17 atom stereocenters. The van der Waals surface area contributed by atoms with Crippen LogP contribution in [0.4, 0.5) is 0 Å². The van der Waals surface area contributed by atoms with Gasteiger partial charge in [-0.05, 0) is 142 Å². The number of carbonyl (C=O) groups excluding carboxylic acids is 1. The molecule has 0 aromatic carbocycles. The molecule has 12 aliphatic carbocycles. The molecule has 4 unspecified atom stereocenters. The normalized spacial score (nSPS) is 64.8. The minimum absolute atomic E-state index is 0.0367. The number of hydrogen-bond acceptors (Lipinski definition) is 4. The SMILES string of the molecule is COC1C2C3N(C)C(=O)[C@]4(C)CCC[C@]35[C@@H]3C[C@H]1[C@]1(CC[C@]67C8C[C@@]9(CCC%10=C(C[C@@H]%11CN(C)C[C@]%10(C)C%11)C9=C[C@H]86)[C@@H]7O1)C[C@]23CC[C@@H]54. The lowest BCUT2D eigenvalue weighted by atomic mass is 9.38. The Kier molecular flexibility index (Phi) is 4.69. The number of piperidine rings is 2. The largest absolute Gasteiger partial charge is 0.381 e. The van der Waals surface area contributed by atoms with Gasteiger partial charge in [-0.15, -0.1) is 0 Å². The Morgan fingerprint density at radius 1 is 0.979 bits per heavy atom. The van der Waals surface area contributed by atoms with E-state index in [4.69, 9.17) is 9.47 Å². The minimum atomic E-state index is -0.152.